The molecule has 0 bridgehead atoms. The van der Waals surface area contributed by atoms with Crippen LogP contribution in [0.2, 0.25) is 0 Å². The van der Waals surface area contributed by atoms with Crippen LogP contribution in [0.3, 0.4) is 0 Å². The summed E-state index contributed by atoms with van der Waals surface area (Å²) in [6.07, 6.45) is 0. The Labute approximate surface area is 131 Å². The van der Waals surface area contributed by atoms with Crippen LogP contribution in [-0.4, -0.2) is 18.9 Å². The van der Waals surface area contributed by atoms with E-state index in [-0.39, 0.29) is 0 Å². The van der Waals surface area contributed by atoms with E-state index < -0.39 is 0 Å². The number of nitrogens with zero attached hydrogens (tertiary/aromatic N) is 5. The lowest BCUT2D eigenvalue weighted by atomic mass is 10.2. The third kappa shape index (κ3) is 1.40. The minimum atomic E-state index is 0.567. The molecule has 5 heteroatoms. The Morgan fingerprint density at radius 3 is 2.30 bits per heavy atom. The minimum absolute atomic E-state index is 0.567. The molecule has 0 aliphatic carbocycles. The maximum atomic E-state index is 9.70. The molecule has 0 N–H and O–H groups in total. The van der Waals surface area contributed by atoms with E-state index in [0.29, 0.717) is 11.1 Å². The van der Waals surface area contributed by atoms with Crippen molar-refractivity contribution in [3.05, 3.63) is 54.1 Å². The van der Waals surface area contributed by atoms with Crippen LogP contribution in [0, 0.1) is 11.3 Å². The number of para-hydroxylation sites is 4. The van der Waals surface area contributed by atoms with E-state index in [4.69, 9.17) is 4.98 Å². The lowest BCUT2D eigenvalue weighted by molar-refractivity contribution is 0.993. The highest BCUT2D eigenvalue weighted by molar-refractivity contribution is 5.99. The van der Waals surface area contributed by atoms with Crippen LogP contribution >= 0.6 is 0 Å². The van der Waals surface area contributed by atoms with Crippen molar-refractivity contribution in [3.8, 4) is 6.07 Å². The van der Waals surface area contributed by atoms with Crippen LogP contribution < -0.4 is 0 Å². The summed E-state index contributed by atoms with van der Waals surface area (Å²) in [5.41, 5.74) is 6.51. The van der Waals surface area contributed by atoms with Crippen molar-refractivity contribution in [2.24, 2.45) is 7.05 Å². The highest BCUT2D eigenvalue weighted by Crippen LogP contribution is 2.30. The smallest absolute Gasteiger partial charge is 0.167 e. The van der Waals surface area contributed by atoms with Crippen molar-refractivity contribution in [1.29, 1.82) is 5.26 Å². The Balaban J connectivity index is 2.16. The predicted molar refractivity (Wildman–Crippen MR) is 89.2 cm³/mol. The molecule has 23 heavy (non-hydrogen) atoms. The van der Waals surface area contributed by atoms with Gasteiger partial charge in [0.05, 0.1) is 22.1 Å². The zero-order valence-corrected chi connectivity index (χ0v) is 12.4. The van der Waals surface area contributed by atoms with Gasteiger partial charge in [-0.3, -0.25) is 4.40 Å². The van der Waals surface area contributed by atoms with Gasteiger partial charge in [-0.15, -0.1) is 0 Å². The van der Waals surface area contributed by atoms with Crippen molar-refractivity contribution < 1.29 is 0 Å². The quantitative estimate of drug-likeness (QED) is 0.440. The number of rotatable bonds is 0. The Morgan fingerprint density at radius 2 is 1.57 bits per heavy atom. The fourth-order valence-electron chi connectivity index (χ4n) is 3.33. The Morgan fingerprint density at radius 1 is 0.913 bits per heavy atom. The average Bonchev–Trinajstić information content (AvgIpc) is 3.06. The van der Waals surface area contributed by atoms with Gasteiger partial charge in [0.1, 0.15) is 22.8 Å². The molecule has 0 saturated carbocycles. The molecule has 3 heterocycles. The summed E-state index contributed by atoms with van der Waals surface area (Å²) in [6.45, 7) is 0. The molecule has 3 aromatic heterocycles. The first-order valence-corrected chi connectivity index (χ1v) is 7.34. The number of aryl methyl sites for hydroxylation is 1. The van der Waals surface area contributed by atoms with Gasteiger partial charge in [-0.05, 0) is 24.3 Å². The van der Waals surface area contributed by atoms with Gasteiger partial charge in [-0.2, -0.15) is 5.26 Å². The zero-order chi connectivity index (χ0) is 15.6. The van der Waals surface area contributed by atoms with Gasteiger partial charge in [0.25, 0.3) is 0 Å². The maximum absolute atomic E-state index is 9.70. The van der Waals surface area contributed by atoms with Crippen LogP contribution in [0.25, 0.3) is 38.9 Å². The lowest BCUT2D eigenvalue weighted by Gasteiger charge is -1.99. The topological polar surface area (TPSA) is 58.9 Å². The fraction of sp³-hybridized carbons (Fsp3) is 0.0556. The van der Waals surface area contributed by atoms with Gasteiger partial charge in [0.2, 0.25) is 0 Å². The molecule has 0 unspecified atom stereocenters. The Kier molecular flexibility index (Phi) is 2.16. The monoisotopic (exact) mass is 297 g/mol. The second-order valence-electron chi connectivity index (χ2n) is 5.58. The van der Waals surface area contributed by atoms with Crippen LogP contribution in [0.4, 0.5) is 0 Å². The van der Waals surface area contributed by atoms with E-state index >= 15 is 0 Å². The number of hydrogen-bond acceptors (Lipinski definition) is 3. The number of aromatic nitrogens is 4. The summed E-state index contributed by atoms with van der Waals surface area (Å²) < 4.78 is 4.06. The number of imidazole rings is 1. The van der Waals surface area contributed by atoms with Crippen molar-refractivity contribution in [1.82, 2.24) is 18.9 Å². The second-order valence-corrected chi connectivity index (χ2v) is 5.58. The average molecular weight is 297 g/mol. The van der Waals surface area contributed by atoms with Gasteiger partial charge in [-0.1, -0.05) is 24.3 Å². The van der Waals surface area contributed by atoms with Crippen molar-refractivity contribution >= 4 is 38.9 Å². The summed E-state index contributed by atoms with van der Waals surface area (Å²) in [5.74, 6) is 0. The molecular formula is C18H11N5. The second kappa shape index (κ2) is 4.08. The zero-order valence-electron chi connectivity index (χ0n) is 12.4. The van der Waals surface area contributed by atoms with Crippen LogP contribution in [-0.2, 0) is 7.05 Å². The first-order chi connectivity index (χ1) is 11.3. The summed E-state index contributed by atoms with van der Waals surface area (Å²) in [5, 5.41) is 9.70. The number of benzene rings is 2. The molecule has 5 nitrogen and oxygen atoms in total. The Hall–Kier alpha value is -3.39. The van der Waals surface area contributed by atoms with Gasteiger partial charge in [0.15, 0.2) is 5.65 Å². The Bertz CT molecular complexity index is 1280. The molecule has 2 aromatic carbocycles. The van der Waals surface area contributed by atoms with Crippen LogP contribution in [0.15, 0.2) is 48.5 Å². The summed E-state index contributed by atoms with van der Waals surface area (Å²) in [7, 11) is 1.97. The molecule has 0 atom stereocenters. The highest BCUT2D eigenvalue weighted by atomic mass is 15.2. The normalized spacial score (nSPS) is 11.7. The standard InChI is InChI=1S/C18H11N5/c1-22-14-8-4-5-9-15(14)23-17-16(11(10-19)18(22)23)20-12-6-2-3-7-13(12)21-17/h2-9H,1H3. The number of fused-ring (bicyclic) bond motifs is 6. The molecule has 0 aliphatic rings. The molecule has 5 aromatic rings. The third-order valence-corrected chi connectivity index (χ3v) is 4.35. The molecule has 0 aliphatic heterocycles. The predicted octanol–water partition coefficient (Wildman–Crippen LogP) is 3.40. The molecular weight excluding hydrogens is 286 g/mol. The molecule has 5 rings (SSSR count). The van der Waals surface area contributed by atoms with Gasteiger partial charge in [-0.25, -0.2) is 9.97 Å². The molecule has 0 fully saturated rings. The lowest BCUT2D eigenvalue weighted by Crippen LogP contribution is -1.89. The summed E-state index contributed by atoms with van der Waals surface area (Å²) in [4.78, 5) is 9.46. The fourth-order valence-corrected chi connectivity index (χ4v) is 3.33. The van der Waals surface area contributed by atoms with Gasteiger partial charge < -0.3 is 4.57 Å². The molecule has 108 valence electrons. The van der Waals surface area contributed by atoms with E-state index in [1.807, 2.05) is 64.5 Å². The van der Waals surface area contributed by atoms with E-state index in [2.05, 4.69) is 11.1 Å². The van der Waals surface area contributed by atoms with Crippen LogP contribution in [0.5, 0.6) is 0 Å². The number of hydrogen-bond donors (Lipinski definition) is 0. The van der Waals surface area contributed by atoms with Crippen LogP contribution in [0.1, 0.15) is 5.56 Å². The molecule has 0 saturated heterocycles. The van der Waals surface area contributed by atoms with Crippen molar-refractivity contribution in [3.63, 3.8) is 0 Å². The third-order valence-electron chi connectivity index (χ3n) is 4.35. The first-order valence-electron chi connectivity index (χ1n) is 7.34. The summed E-state index contributed by atoms with van der Waals surface area (Å²) in [6, 6.07) is 18.1. The highest BCUT2D eigenvalue weighted by Gasteiger charge is 2.21. The molecule has 0 amide bonds. The molecule has 0 radical (unpaired) electrons. The maximum Gasteiger partial charge on any atom is 0.167 e. The number of nitriles is 1. The van der Waals surface area contributed by atoms with Crippen molar-refractivity contribution in [2.75, 3.05) is 0 Å². The first kappa shape index (κ1) is 12.2. The SMILES string of the molecule is Cn1c2ccccc2n2c3nc4ccccc4nc3c(C#N)c12. The van der Waals surface area contributed by atoms with Gasteiger partial charge >= 0.3 is 0 Å². The largest absolute Gasteiger partial charge is 0.328 e. The summed E-state index contributed by atoms with van der Waals surface area (Å²) >= 11 is 0. The van der Waals surface area contributed by atoms with E-state index in [1.54, 1.807) is 0 Å². The minimum Gasteiger partial charge on any atom is -0.328 e. The molecule has 0 spiro atoms. The van der Waals surface area contributed by atoms with Gasteiger partial charge in [0, 0.05) is 7.05 Å². The van der Waals surface area contributed by atoms with Crippen molar-refractivity contribution in [2.45, 2.75) is 0 Å². The van der Waals surface area contributed by atoms with E-state index in [9.17, 15) is 5.26 Å². The van der Waals surface area contributed by atoms with E-state index in [1.165, 1.54) is 0 Å². The van der Waals surface area contributed by atoms with E-state index in [0.717, 1.165) is 33.4 Å².